The Bertz CT molecular complexity index is 740. The second kappa shape index (κ2) is 10.0. The SMILES string of the molecule is CN=C(NCCCNC(=O)c1occc1C)N(C)Cc1ccc(Br)cc1. The van der Waals surface area contributed by atoms with Gasteiger partial charge in [-0.2, -0.15) is 0 Å². The van der Waals surface area contributed by atoms with E-state index in [9.17, 15) is 4.79 Å². The minimum Gasteiger partial charge on any atom is -0.459 e. The highest BCUT2D eigenvalue weighted by molar-refractivity contribution is 9.10. The van der Waals surface area contributed by atoms with Gasteiger partial charge in [0.1, 0.15) is 0 Å². The Hall–Kier alpha value is -2.28. The van der Waals surface area contributed by atoms with Crippen LogP contribution in [0.1, 0.15) is 28.1 Å². The molecule has 0 saturated heterocycles. The number of hydrogen-bond acceptors (Lipinski definition) is 3. The van der Waals surface area contributed by atoms with Crippen LogP contribution in [0.3, 0.4) is 0 Å². The summed E-state index contributed by atoms with van der Waals surface area (Å²) < 4.78 is 6.25. The number of guanidine groups is 1. The first kappa shape index (κ1) is 20.0. The zero-order valence-corrected chi connectivity index (χ0v) is 17.0. The van der Waals surface area contributed by atoms with Crippen LogP contribution in [0.2, 0.25) is 0 Å². The molecular formula is C19H25BrN4O2. The largest absolute Gasteiger partial charge is 0.459 e. The van der Waals surface area contributed by atoms with Gasteiger partial charge in [-0.05, 0) is 37.1 Å². The molecule has 0 aliphatic heterocycles. The Labute approximate surface area is 162 Å². The van der Waals surface area contributed by atoms with Gasteiger partial charge in [0.05, 0.1) is 6.26 Å². The maximum Gasteiger partial charge on any atom is 0.287 e. The average molecular weight is 421 g/mol. The van der Waals surface area contributed by atoms with E-state index in [1.807, 2.05) is 26.1 Å². The number of carbonyl (C=O) groups is 1. The highest BCUT2D eigenvalue weighted by atomic mass is 79.9. The molecule has 140 valence electrons. The number of amides is 1. The monoisotopic (exact) mass is 420 g/mol. The summed E-state index contributed by atoms with van der Waals surface area (Å²) >= 11 is 3.44. The molecule has 7 heteroatoms. The zero-order valence-electron chi connectivity index (χ0n) is 15.4. The van der Waals surface area contributed by atoms with Gasteiger partial charge in [0.2, 0.25) is 0 Å². The van der Waals surface area contributed by atoms with Crippen molar-refractivity contribution in [2.45, 2.75) is 19.9 Å². The first-order chi connectivity index (χ1) is 12.5. The Morgan fingerprint density at radius 1 is 1.19 bits per heavy atom. The number of nitrogens with one attached hydrogen (secondary N) is 2. The van der Waals surface area contributed by atoms with Crippen LogP contribution in [-0.2, 0) is 6.54 Å². The molecule has 1 aromatic heterocycles. The summed E-state index contributed by atoms with van der Waals surface area (Å²) in [5, 5.41) is 6.17. The lowest BCUT2D eigenvalue weighted by Gasteiger charge is -2.22. The van der Waals surface area contributed by atoms with Gasteiger partial charge >= 0.3 is 0 Å². The van der Waals surface area contributed by atoms with Crippen LogP contribution in [0.15, 0.2) is 50.5 Å². The van der Waals surface area contributed by atoms with Gasteiger partial charge in [-0.3, -0.25) is 9.79 Å². The van der Waals surface area contributed by atoms with E-state index in [1.54, 1.807) is 13.1 Å². The van der Waals surface area contributed by atoms with E-state index >= 15 is 0 Å². The number of rotatable bonds is 7. The number of halogens is 1. The molecular weight excluding hydrogens is 396 g/mol. The van der Waals surface area contributed by atoms with Crippen molar-refractivity contribution >= 4 is 27.8 Å². The van der Waals surface area contributed by atoms with E-state index < -0.39 is 0 Å². The normalized spacial score (nSPS) is 11.3. The van der Waals surface area contributed by atoms with Crippen LogP contribution in [0.5, 0.6) is 0 Å². The van der Waals surface area contributed by atoms with E-state index in [1.165, 1.54) is 11.8 Å². The van der Waals surface area contributed by atoms with Gasteiger partial charge in [-0.15, -0.1) is 0 Å². The molecule has 0 atom stereocenters. The number of aliphatic imine (C=N–C) groups is 1. The van der Waals surface area contributed by atoms with E-state index in [4.69, 9.17) is 4.42 Å². The maximum absolute atomic E-state index is 12.0. The van der Waals surface area contributed by atoms with Crippen LogP contribution >= 0.6 is 15.9 Å². The third-order valence-electron chi connectivity index (χ3n) is 3.90. The Morgan fingerprint density at radius 3 is 2.50 bits per heavy atom. The second-order valence-electron chi connectivity index (χ2n) is 6.00. The smallest absolute Gasteiger partial charge is 0.287 e. The molecule has 0 aliphatic carbocycles. The fraction of sp³-hybridized carbons (Fsp3) is 0.368. The molecule has 2 N–H and O–H groups in total. The van der Waals surface area contributed by atoms with Crippen molar-refractivity contribution in [1.29, 1.82) is 0 Å². The highest BCUT2D eigenvalue weighted by Crippen LogP contribution is 2.12. The fourth-order valence-corrected chi connectivity index (χ4v) is 2.76. The summed E-state index contributed by atoms with van der Waals surface area (Å²) in [6.07, 6.45) is 2.31. The standard InChI is InChI=1S/C19H25BrN4O2/c1-14-9-12-26-17(14)18(25)22-10-4-11-23-19(21-2)24(3)13-15-5-7-16(20)8-6-15/h5-9,12H,4,10-11,13H2,1-3H3,(H,21,23)(H,22,25). The predicted octanol–water partition coefficient (Wildman–Crippen LogP) is 3.18. The summed E-state index contributed by atoms with van der Waals surface area (Å²) in [4.78, 5) is 18.3. The highest BCUT2D eigenvalue weighted by Gasteiger charge is 2.11. The number of aryl methyl sites for hydroxylation is 1. The Kier molecular flexibility index (Phi) is 7.72. The van der Waals surface area contributed by atoms with Gasteiger partial charge in [-0.25, -0.2) is 0 Å². The number of benzene rings is 1. The predicted molar refractivity (Wildman–Crippen MR) is 107 cm³/mol. The number of hydrogen-bond donors (Lipinski definition) is 2. The van der Waals surface area contributed by atoms with E-state index in [0.29, 0.717) is 12.3 Å². The molecule has 0 aliphatic rings. The first-order valence-corrected chi connectivity index (χ1v) is 9.29. The van der Waals surface area contributed by atoms with Crippen molar-refractivity contribution in [2.24, 2.45) is 4.99 Å². The van der Waals surface area contributed by atoms with E-state index in [2.05, 4.69) is 48.6 Å². The molecule has 2 aromatic rings. The quantitative estimate of drug-likeness (QED) is 0.409. The van der Waals surface area contributed by atoms with Crippen LogP contribution in [0, 0.1) is 6.92 Å². The Morgan fingerprint density at radius 2 is 1.88 bits per heavy atom. The average Bonchev–Trinajstić information content (AvgIpc) is 3.06. The topological polar surface area (TPSA) is 69.9 Å². The lowest BCUT2D eigenvalue weighted by Crippen LogP contribution is -2.39. The molecule has 1 aromatic carbocycles. The zero-order chi connectivity index (χ0) is 18.9. The molecule has 2 rings (SSSR count). The third-order valence-corrected chi connectivity index (χ3v) is 4.43. The van der Waals surface area contributed by atoms with E-state index in [-0.39, 0.29) is 5.91 Å². The van der Waals surface area contributed by atoms with Crippen molar-refractivity contribution in [3.8, 4) is 0 Å². The second-order valence-corrected chi connectivity index (χ2v) is 6.91. The molecule has 26 heavy (non-hydrogen) atoms. The molecule has 6 nitrogen and oxygen atoms in total. The molecule has 0 radical (unpaired) electrons. The van der Waals surface area contributed by atoms with Crippen molar-refractivity contribution in [3.05, 3.63) is 58.0 Å². The van der Waals surface area contributed by atoms with Crippen LogP contribution in [-0.4, -0.2) is 44.0 Å². The first-order valence-electron chi connectivity index (χ1n) is 8.49. The third kappa shape index (κ3) is 5.91. The van der Waals surface area contributed by atoms with Crippen molar-refractivity contribution < 1.29 is 9.21 Å². The van der Waals surface area contributed by atoms with Crippen molar-refractivity contribution in [2.75, 3.05) is 27.2 Å². The lowest BCUT2D eigenvalue weighted by atomic mass is 10.2. The fourth-order valence-electron chi connectivity index (χ4n) is 2.50. The van der Waals surface area contributed by atoms with Gasteiger partial charge in [0, 0.05) is 43.8 Å². The molecule has 1 heterocycles. The lowest BCUT2D eigenvalue weighted by molar-refractivity contribution is 0.0925. The number of nitrogens with zero attached hydrogens (tertiary/aromatic N) is 2. The Balaban J connectivity index is 1.70. The minimum absolute atomic E-state index is 0.177. The molecule has 0 unspecified atom stereocenters. The van der Waals surface area contributed by atoms with Crippen LogP contribution in [0.4, 0.5) is 0 Å². The van der Waals surface area contributed by atoms with Crippen LogP contribution in [0.25, 0.3) is 0 Å². The molecule has 0 fully saturated rings. The number of carbonyl (C=O) groups excluding carboxylic acids is 1. The number of furan rings is 1. The summed E-state index contributed by atoms with van der Waals surface area (Å²) in [5.41, 5.74) is 2.05. The minimum atomic E-state index is -0.177. The van der Waals surface area contributed by atoms with Gasteiger partial charge in [-0.1, -0.05) is 28.1 Å². The van der Waals surface area contributed by atoms with Gasteiger partial charge in [0.25, 0.3) is 5.91 Å². The van der Waals surface area contributed by atoms with Crippen LogP contribution < -0.4 is 10.6 Å². The maximum atomic E-state index is 12.0. The summed E-state index contributed by atoms with van der Waals surface area (Å²) in [7, 11) is 3.76. The summed E-state index contributed by atoms with van der Waals surface area (Å²) in [6.45, 7) is 3.90. The van der Waals surface area contributed by atoms with Gasteiger partial charge in [0.15, 0.2) is 11.7 Å². The van der Waals surface area contributed by atoms with Crippen molar-refractivity contribution in [3.63, 3.8) is 0 Å². The van der Waals surface area contributed by atoms with Gasteiger partial charge < -0.3 is 20.0 Å². The summed E-state index contributed by atoms with van der Waals surface area (Å²) in [5.74, 6) is 1.02. The molecule has 1 amide bonds. The molecule has 0 spiro atoms. The summed E-state index contributed by atoms with van der Waals surface area (Å²) in [6, 6.07) is 10.0. The van der Waals surface area contributed by atoms with E-state index in [0.717, 1.165) is 35.5 Å². The van der Waals surface area contributed by atoms with Crippen molar-refractivity contribution in [1.82, 2.24) is 15.5 Å². The molecule has 0 bridgehead atoms. The molecule has 0 saturated carbocycles.